The van der Waals surface area contributed by atoms with Gasteiger partial charge in [-0.3, -0.25) is 4.79 Å². The number of carboxylic acid groups (broad SMARTS) is 1. The van der Waals surface area contributed by atoms with Crippen molar-refractivity contribution in [2.75, 3.05) is 0 Å². The summed E-state index contributed by atoms with van der Waals surface area (Å²) in [5, 5.41) is 17.9. The maximum atomic E-state index is 11.6. The monoisotopic (exact) mass is 247 g/mol. The van der Waals surface area contributed by atoms with Crippen LogP contribution in [0.15, 0.2) is 0 Å². The molecule has 2 heterocycles. The van der Waals surface area contributed by atoms with Crippen LogP contribution in [0, 0.1) is 5.92 Å². The smallest absolute Gasteiger partial charge is 0.332 e. The number of hydrogen-bond donors (Lipinski definition) is 2. The molecule has 0 bridgehead atoms. The van der Waals surface area contributed by atoms with E-state index in [9.17, 15) is 14.7 Å². The van der Waals surface area contributed by atoms with E-state index in [4.69, 9.17) is 17.3 Å². The number of carbonyl (C=O) groups excluding carboxylic acids is 1. The second-order valence-corrected chi connectivity index (χ2v) is 5.44. The van der Waals surface area contributed by atoms with Crippen molar-refractivity contribution in [3.63, 3.8) is 0 Å². The third-order valence-corrected chi connectivity index (χ3v) is 4.34. The van der Waals surface area contributed by atoms with E-state index in [2.05, 4.69) is 0 Å². The summed E-state index contributed by atoms with van der Waals surface area (Å²) >= 11 is 6.10. The molecule has 0 aromatic heterocycles. The van der Waals surface area contributed by atoms with Gasteiger partial charge >= 0.3 is 5.97 Å². The quantitative estimate of drug-likeness (QED) is 0.514. The van der Waals surface area contributed by atoms with Gasteiger partial charge in [0.1, 0.15) is 0 Å². The number of thiocarbonyl (C=S) groups is 1. The lowest BCUT2D eigenvalue weighted by atomic mass is 9.91. The van der Waals surface area contributed by atoms with Crippen molar-refractivity contribution in [3.8, 4) is 0 Å². The number of thioether (sulfide) groups is 1. The second kappa shape index (κ2) is 3.43. The van der Waals surface area contributed by atoms with Gasteiger partial charge in [-0.15, -0.1) is 0 Å². The zero-order chi connectivity index (χ0) is 11.3. The van der Waals surface area contributed by atoms with Crippen molar-refractivity contribution in [1.29, 1.82) is 0 Å². The molecule has 2 rings (SSSR count). The highest BCUT2D eigenvalue weighted by Gasteiger charge is 2.60. The molecule has 2 saturated heterocycles. The molecule has 0 aliphatic carbocycles. The molecule has 0 saturated carbocycles. The number of β-lactam (4-membered cyclic amide) rings is 1. The van der Waals surface area contributed by atoms with Crippen molar-refractivity contribution in [2.45, 2.75) is 24.4 Å². The Bertz CT molecular complexity index is 357. The van der Waals surface area contributed by atoms with Gasteiger partial charge in [0.2, 0.25) is 5.91 Å². The fourth-order valence-corrected chi connectivity index (χ4v) is 3.80. The molecule has 2 aliphatic rings. The molecule has 0 aromatic rings. The van der Waals surface area contributed by atoms with Gasteiger partial charge in [-0.05, 0) is 6.92 Å². The summed E-state index contributed by atoms with van der Waals surface area (Å²) in [6.45, 7) is 1.53. The number of hydrogen-bond acceptors (Lipinski definition) is 5. The van der Waals surface area contributed by atoms with Crippen LogP contribution in [0.5, 0.6) is 0 Å². The van der Waals surface area contributed by atoms with E-state index in [1.165, 1.54) is 23.6 Å². The van der Waals surface area contributed by atoms with E-state index in [-0.39, 0.29) is 11.3 Å². The molecular weight excluding hydrogens is 238 g/mol. The minimum atomic E-state index is -1.10. The number of aliphatic hydroxyl groups excluding tert-OH is 1. The van der Waals surface area contributed by atoms with Gasteiger partial charge in [0.25, 0.3) is 0 Å². The summed E-state index contributed by atoms with van der Waals surface area (Å²) in [5.41, 5.74) is 0. The molecule has 2 aliphatic heterocycles. The molecule has 4 atom stereocenters. The van der Waals surface area contributed by atoms with Gasteiger partial charge in [-0.2, -0.15) is 0 Å². The first kappa shape index (κ1) is 10.8. The Morgan fingerprint density at radius 2 is 2.27 bits per heavy atom. The first-order valence-corrected chi connectivity index (χ1v) is 5.67. The minimum absolute atomic E-state index is 0.295. The summed E-state index contributed by atoms with van der Waals surface area (Å²) in [6.07, 6.45) is -0.762. The SMILES string of the molecule is CC(O)C1C(=O)N2C(C(=O)O)C(=S)S[C@@H]12. The molecule has 2 fully saturated rings. The van der Waals surface area contributed by atoms with Gasteiger partial charge in [0, 0.05) is 0 Å². The Morgan fingerprint density at radius 3 is 2.73 bits per heavy atom. The second-order valence-electron chi connectivity index (χ2n) is 3.58. The fourth-order valence-electron chi connectivity index (χ4n) is 1.88. The summed E-state index contributed by atoms with van der Waals surface area (Å²) < 4.78 is 0.295. The average molecular weight is 247 g/mol. The lowest BCUT2D eigenvalue weighted by Crippen LogP contribution is -2.64. The molecule has 0 aromatic carbocycles. The van der Waals surface area contributed by atoms with Crippen LogP contribution < -0.4 is 0 Å². The maximum Gasteiger partial charge on any atom is 0.332 e. The van der Waals surface area contributed by atoms with Gasteiger partial charge in [-0.1, -0.05) is 24.0 Å². The zero-order valence-corrected chi connectivity index (χ0v) is 9.42. The third-order valence-electron chi connectivity index (χ3n) is 2.61. The van der Waals surface area contributed by atoms with E-state index in [0.717, 1.165) is 0 Å². The molecular formula is C8H9NO4S2. The molecule has 82 valence electrons. The molecule has 1 amide bonds. The van der Waals surface area contributed by atoms with Gasteiger partial charge < -0.3 is 15.1 Å². The first-order valence-electron chi connectivity index (χ1n) is 4.38. The predicted octanol–water partition coefficient (Wildman–Crippen LogP) is -0.321. The topological polar surface area (TPSA) is 77.8 Å². The van der Waals surface area contributed by atoms with Crippen molar-refractivity contribution >= 4 is 40.1 Å². The van der Waals surface area contributed by atoms with Crippen LogP contribution in [-0.4, -0.2) is 48.7 Å². The number of carboxylic acids is 1. The lowest BCUT2D eigenvalue weighted by molar-refractivity contribution is -0.164. The van der Waals surface area contributed by atoms with E-state index < -0.39 is 24.0 Å². The molecule has 15 heavy (non-hydrogen) atoms. The highest BCUT2D eigenvalue weighted by molar-refractivity contribution is 8.24. The van der Waals surface area contributed by atoms with Crippen LogP contribution in [0.3, 0.4) is 0 Å². The van der Waals surface area contributed by atoms with Crippen molar-refractivity contribution in [1.82, 2.24) is 4.90 Å². The molecule has 7 heteroatoms. The zero-order valence-electron chi connectivity index (χ0n) is 7.78. The van der Waals surface area contributed by atoms with E-state index in [1.807, 2.05) is 0 Å². The highest BCUT2D eigenvalue weighted by atomic mass is 32.2. The summed E-state index contributed by atoms with van der Waals surface area (Å²) in [7, 11) is 0. The molecule has 0 radical (unpaired) electrons. The Hall–Kier alpha value is -0.660. The van der Waals surface area contributed by atoms with Gasteiger partial charge in [-0.25, -0.2) is 4.79 Å². The van der Waals surface area contributed by atoms with E-state index >= 15 is 0 Å². The number of amides is 1. The number of carbonyl (C=O) groups is 2. The summed E-state index contributed by atoms with van der Waals surface area (Å²) in [6, 6.07) is -1.00. The van der Waals surface area contributed by atoms with Crippen LogP contribution in [0.1, 0.15) is 6.92 Å². The number of aliphatic carboxylic acids is 1. The number of rotatable bonds is 2. The van der Waals surface area contributed by atoms with Crippen LogP contribution in [0.4, 0.5) is 0 Å². The Morgan fingerprint density at radius 1 is 1.67 bits per heavy atom. The van der Waals surface area contributed by atoms with Crippen LogP contribution >= 0.6 is 24.0 Å². The summed E-state index contributed by atoms with van der Waals surface area (Å²) in [5.74, 6) is -1.94. The Labute approximate surface area is 95.4 Å². The van der Waals surface area contributed by atoms with E-state index in [0.29, 0.717) is 4.20 Å². The number of fused-ring (bicyclic) bond motifs is 1. The average Bonchev–Trinajstić information content (AvgIpc) is 2.38. The van der Waals surface area contributed by atoms with Crippen molar-refractivity contribution in [3.05, 3.63) is 0 Å². The Balaban J connectivity index is 2.23. The standard InChI is InChI=1S/C8H9NO4S2/c1-2(10)3-5(11)9-4(7(12)13)8(14)15-6(3)9/h2-4,6,10H,1H3,(H,12,13)/t2?,3?,4?,6-/m0/s1. The van der Waals surface area contributed by atoms with Crippen molar-refractivity contribution < 1.29 is 19.8 Å². The van der Waals surface area contributed by atoms with E-state index in [1.54, 1.807) is 0 Å². The summed E-state index contributed by atoms with van der Waals surface area (Å²) in [4.78, 5) is 23.7. The molecule has 3 unspecified atom stereocenters. The van der Waals surface area contributed by atoms with Crippen LogP contribution in [-0.2, 0) is 9.59 Å². The molecule has 0 spiro atoms. The normalized spacial score (nSPS) is 36.1. The van der Waals surface area contributed by atoms with Crippen LogP contribution in [0.2, 0.25) is 0 Å². The third kappa shape index (κ3) is 1.37. The lowest BCUT2D eigenvalue weighted by Gasteiger charge is -2.44. The van der Waals surface area contributed by atoms with Gasteiger partial charge in [0.15, 0.2) is 6.04 Å². The predicted molar refractivity (Wildman–Crippen MR) is 57.4 cm³/mol. The maximum absolute atomic E-state index is 11.6. The number of nitrogens with zero attached hydrogens (tertiary/aromatic N) is 1. The molecule has 5 nitrogen and oxygen atoms in total. The Kier molecular flexibility index (Phi) is 2.48. The van der Waals surface area contributed by atoms with Crippen molar-refractivity contribution in [2.24, 2.45) is 5.92 Å². The minimum Gasteiger partial charge on any atom is -0.479 e. The largest absolute Gasteiger partial charge is 0.479 e. The first-order chi connectivity index (χ1) is 6.95. The fraction of sp³-hybridized carbons (Fsp3) is 0.625. The van der Waals surface area contributed by atoms with Crippen LogP contribution in [0.25, 0.3) is 0 Å². The molecule has 2 N–H and O–H groups in total. The van der Waals surface area contributed by atoms with Gasteiger partial charge in [0.05, 0.1) is 21.6 Å². The highest BCUT2D eigenvalue weighted by Crippen LogP contribution is 2.46. The number of aliphatic hydroxyl groups is 1.